The van der Waals surface area contributed by atoms with Gasteiger partial charge in [-0.25, -0.2) is 0 Å². The van der Waals surface area contributed by atoms with Gasteiger partial charge in [0.05, 0.1) is 11.6 Å². The predicted octanol–water partition coefficient (Wildman–Crippen LogP) is 1.25. The van der Waals surface area contributed by atoms with Crippen molar-refractivity contribution in [2.45, 2.75) is 25.3 Å². The molecule has 3 N–H and O–H groups in total. The van der Waals surface area contributed by atoms with Crippen LogP contribution in [0.2, 0.25) is 0 Å². The first kappa shape index (κ1) is 12.2. The van der Waals surface area contributed by atoms with Gasteiger partial charge in [0.1, 0.15) is 6.04 Å². The first-order valence-corrected chi connectivity index (χ1v) is 4.89. The van der Waals surface area contributed by atoms with Gasteiger partial charge in [0.2, 0.25) is 0 Å². The van der Waals surface area contributed by atoms with Gasteiger partial charge in [-0.3, -0.25) is 4.79 Å². The number of benzene rings is 1. The Bertz CT molecular complexity index is 447. The fraction of sp³-hybridized carbons (Fsp3) is 0.333. The molecular formula is C12H14N2O2. The third-order valence-corrected chi connectivity index (χ3v) is 2.79. The van der Waals surface area contributed by atoms with E-state index in [0.717, 1.165) is 0 Å². The highest BCUT2D eigenvalue weighted by Crippen LogP contribution is 2.28. The number of hydrogen-bond donors (Lipinski definition) is 2. The molecule has 16 heavy (non-hydrogen) atoms. The predicted molar refractivity (Wildman–Crippen MR) is 59.8 cm³/mol. The topological polar surface area (TPSA) is 87.1 Å². The van der Waals surface area contributed by atoms with Gasteiger partial charge in [0.15, 0.2) is 0 Å². The zero-order valence-electron chi connectivity index (χ0n) is 9.27. The molecule has 84 valence electrons. The summed E-state index contributed by atoms with van der Waals surface area (Å²) in [5.74, 6) is -1.07. The summed E-state index contributed by atoms with van der Waals surface area (Å²) in [6, 6.07) is 7.91. The van der Waals surface area contributed by atoms with E-state index in [-0.39, 0.29) is 0 Å². The van der Waals surface area contributed by atoms with Gasteiger partial charge in [0.25, 0.3) is 0 Å². The first-order chi connectivity index (χ1) is 7.41. The lowest BCUT2D eigenvalue weighted by molar-refractivity contribution is -0.140. The molecule has 4 heteroatoms. The Kier molecular flexibility index (Phi) is 3.31. The monoisotopic (exact) mass is 218 g/mol. The first-order valence-electron chi connectivity index (χ1n) is 4.89. The molecule has 0 spiro atoms. The number of nitrogens with zero attached hydrogens (tertiary/aromatic N) is 1. The highest BCUT2D eigenvalue weighted by molar-refractivity contribution is 5.76. The molecule has 0 aliphatic heterocycles. The van der Waals surface area contributed by atoms with Crippen LogP contribution in [0.4, 0.5) is 0 Å². The normalized spacial score (nSPS) is 12.9. The summed E-state index contributed by atoms with van der Waals surface area (Å²) in [6.07, 6.45) is 0. The minimum Gasteiger partial charge on any atom is -0.480 e. The van der Waals surface area contributed by atoms with Crippen molar-refractivity contribution in [3.8, 4) is 6.07 Å². The number of nitriles is 1. The fourth-order valence-electron chi connectivity index (χ4n) is 1.62. The van der Waals surface area contributed by atoms with Crippen LogP contribution in [0.25, 0.3) is 0 Å². The molecule has 4 nitrogen and oxygen atoms in total. The molecule has 1 aromatic carbocycles. The Morgan fingerprint density at radius 1 is 1.50 bits per heavy atom. The number of nitrogens with two attached hydrogens (primary N) is 1. The Hall–Kier alpha value is -1.86. The van der Waals surface area contributed by atoms with Crippen molar-refractivity contribution in [1.82, 2.24) is 0 Å². The molecule has 0 aliphatic carbocycles. The number of rotatable bonds is 3. The van der Waals surface area contributed by atoms with Crippen molar-refractivity contribution >= 4 is 5.97 Å². The molecule has 0 heterocycles. The van der Waals surface area contributed by atoms with E-state index in [9.17, 15) is 4.79 Å². The average molecular weight is 218 g/mol. The summed E-state index contributed by atoms with van der Waals surface area (Å²) in [4.78, 5) is 10.9. The molecule has 0 amide bonds. The second-order valence-electron chi connectivity index (χ2n) is 4.19. The molecule has 0 radical (unpaired) electrons. The van der Waals surface area contributed by atoms with E-state index < -0.39 is 17.4 Å². The van der Waals surface area contributed by atoms with Crippen LogP contribution in [-0.2, 0) is 10.2 Å². The summed E-state index contributed by atoms with van der Waals surface area (Å²) < 4.78 is 0. The van der Waals surface area contributed by atoms with Gasteiger partial charge in [-0.1, -0.05) is 32.0 Å². The summed E-state index contributed by atoms with van der Waals surface area (Å²) >= 11 is 0. The third-order valence-electron chi connectivity index (χ3n) is 2.79. The van der Waals surface area contributed by atoms with E-state index in [1.807, 2.05) is 6.07 Å². The summed E-state index contributed by atoms with van der Waals surface area (Å²) in [5.41, 5.74) is 5.98. The standard InChI is InChI=1S/C12H14N2O2/c1-12(2,10(14)11(15)16)9-6-4-3-5-8(9)7-13/h3-6,10H,14H2,1-2H3,(H,15,16). The van der Waals surface area contributed by atoms with Gasteiger partial charge in [-0.2, -0.15) is 5.26 Å². The second-order valence-corrected chi connectivity index (χ2v) is 4.19. The average Bonchev–Trinajstić information content (AvgIpc) is 2.27. The molecule has 0 aromatic heterocycles. The summed E-state index contributed by atoms with van der Waals surface area (Å²) in [6.45, 7) is 3.45. The Labute approximate surface area is 94.3 Å². The van der Waals surface area contributed by atoms with Gasteiger partial charge in [-0.15, -0.1) is 0 Å². The highest BCUT2D eigenvalue weighted by atomic mass is 16.4. The van der Waals surface area contributed by atoms with Gasteiger partial charge in [0, 0.05) is 5.41 Å². The number of carboxylic acid groups (broad SMARTS) is 1. The molecule has 0 fully saturated rings. The second kappa shape index (κ2) is 4.33. The highest BCUT2D eigenvalue weighted by Gasteiger charge is 2.35. The smallest absolute Gasteiger partial charge is 0.321 e. The maximum atomic E-state index is 10.9. The van der Waals surface area contributed by atoms with E-state index in [1.54, 1.807) is 38.1 Å². The van der Waals surface area contributed by atoms with Crippen LogP contribution in [0, 0.1) is 11.3 Å². The number of aliphatic carboxylic acids is 1. The molecule has 0 saturated heterocycles. The molecule has 1 atom stereocenters. The zero-order chi connectivity index (χ0) is 12.3. The number of hydrogen-bond acceptors (Lipinski definition) is 3. The zero-order valence-corrected chi connectivity index (χ0v) is 9.27. The lowest BCUT2D eigenvalue weighted by atomic mass is 9.76. The minimum absolute atomic E-state index is 0.462. The van der Waals surface area contributed by atoms with Crippen LogP contribution in [0.15, 0.2) is 24.3 Å². The van der Waals surface area contributed by atoms with E-state index in [2.05, 4.69) is 0 Å². The number of carboxylic acids is 1. The third kappa shape index (κ3) is 2.05. The lowest BCUT2D eigenvalue weighted by Crippen LogP contribution is -2.47. The molecule has 1 rings (SSSR count). The van der Waals surface area contributed by atoms with Gasteiger partial charge < -0.3 is 10.8 Å². The van der Waals surface area contributed by atoms with Crippen LogP contribution in [0.5, 0.6) is 0 Å². The van der Waals surface area contributed by atoms with E-state index >= 15 is 0 Å². The van der Waals surface area contributed by atoms with E-state index in [1.165, 1.54) is 0 Å². The Balaban J connectivity index is 3.27. The summed E-state index contributed by atoms with van der Waals surface area (Å²) in [5, 5.41) is 17.9. The van der Waals surface area contributed by atoms with Crippen molar-refractivity contribution in [2.24, 2.45) is 5.73 Å². The molecule has 0 aliphatic rings. The molecular weight excluding hydrogens is 204 g/mol. The van der Waals surface area contributed by atoms with Gasteiger partial charge >= 0.3 is 5.97 Å². The van der Waals surface area contributed by atoms with Gasteiger partial charge in [-0.05, 0) is 11.6 Å². The Morgan fingerprint density at radius 3 is 2.56 bits per heavy atom. The molecule has 1 aromatic rings. The van der Waals surface area contributed by atoms with E-state index in [0.29, 0.717) is 11.1 Å². The lowest BCUT2D eigenvalue weighted by Gasteiger charge is -2.29. The SMILES string of the molecule is CC(C)(c1ccccc1C#N)C(N)C(=O)O. The van der Waals surface area contributed by atoms with Crippen molar-refractivity contribution in [3.05, 3.63) is 35.4 Å². The molecule has 0 saturated carbocycles. The fourth-order valence-corrected chi connectivity index (χ4v) is 1.62. The van der Waals surface area contributed by atoms with Crippen molar-refractivity contribution < 1.29 is 9.90 Å². The van der Waals surface area contributed by atoms with E-state index in [4.69, 9.17) is 16.1 Å². The summed E-state index contributed by atoms with van der Waals surface area (Å²) in [7, 11) is 0. The number of carbonyl (C=O) groups is 1. The maximum Gasteiger partial charge on any atom is 0.321 e. The van der Waals surface area contributed by atoms with Crippen molar-refractivity contribution in [2.75, 3.05) is 0 Å². The van der Waals surface area contributed by atoms with Crippen molar-refractivity contribution in [3.63, 3.8) is 0 Å². The minimum atomic E-state index is -1.07. The van der Waals surface area contributed by atoms with Crippen LogP contribution < -0.4 is 5.73 Å². The largest absolute Gasteiger partial charge is 0.480 e. The quantitative estimate of drug-likeness (QED) is 0.799. The molecule has 0 bridgehead atoms. The Morgan fingerprint density at radius 2 is 2.06 bits per heavy atom. The maximum absolute atomic E-state index is 10.9. The van der Waals surface area contributed by atoms with Crippen molar-refractivity contribution in [1.29, 1.82) is 5.26 Å². The van der Waals surface area contributed by atoms with Crippen LogP contribution in [0.1, 0.15) is 25.0 Å². The molecule has 1 unspecified atom stereocenters. The van der Waals surface area contributed by atoms with Crippen LogP contribution >= 0.6 is 0 Å². The van der Waals surface area contributed by atoms with Crippen LogP contribution in [0.3, 0.4) is 0 Å². The van der Waals surface area contributed by atoms with Crippen LogP contribution in [-0.4, -0.2) is 17.1 Å².